The number of aliphatic hydroxyl groups excluding tert-OH is 1. The summed E-state index contributed by atoms with van der Waals surface area (Å²) in [6, 6.07) is 7.60. The monoisotopic (exact) mass is 385 g/mol. The van der Waals surface area contributed by atoms with E-state index in [0.29, 0.717) is 17.5 Å². The lowest BCUT2D eigenvalue weighted by Crippen LogP contribution is -2.38. The van der Waals surface area contributed by atoms with Crippen molar-refractivity contribution in [2.45, 2.75) is 64.0 Å². The van der Waals surface area contributed by atoms with Gasteiger partial charge < -0.3 is 15.3 Å². The Hall–Kier alpha value is -1.72. The van der Waals surface area contributed by atoms with Crippen LogP contribution in [0.3, 0.4) is 0 Å². The van der Waals surface area contributed by atoms with Gasteiger partial charge in [-0.3, -0.25) is 0 Å². The zero-order valence-corrected chi connectivity index (χ0v) is 16.7. The third-order valence-corrected chi connectivity index (χ3v) is 6.35. The number of aliphatic hydroxyl groups is 1. The summed E-state index contributed by atoms with van der Waals surface area (Å²) in [4.78, 5) is 7.17. The van der Waals surface area contributed by atoms with E-state index in [4.69, 9.17) is 4.98 Å². The highest BCUT2D eigenvalue weighted by atomic mass is 19.1. The number of aromatic nitrogens is 1. The van der Waals surface area contributed by atoms with Gasteiger partial charge in [0.25, 0.3) is 0 Å². The number of benzene rings is 1. The number of hydrogen-bond donors (Lipinski definition) is 2. The Kier molecular flexibility index (Phi) is 6.43. The van der Waals surface area contributed by atoms with Crippen molar-refractivity contribution >= 4 is 16.7 Å². The normalized spacial score (nSPS) is 21.8. The quantitative estimate of drug-likeness (QED) is 0.749. The van der Waals surface area contributed by atoms with Crippen molar-refractivity contribution in [3.8, 4) is 0 Å². The van der Waals surface area contributed by atoms with Crippen LogP contribution in [0.25, 0.3) is 10.9 Å². The Balaban J connectivity index is 1.61. The minimum Gasteiger partial charge on any atom is -0.396 e. The number of rotatable bonds is 5. The lowest BCUT2D eigenvalue weighted by Gasteiger charge is -2.34. The predicted molar refractivity (Wildman–Crippen MR) is 112 cm³/mol. The van der Waals surface area contributed by atoms with E-state index in [9.17, 15) is 9.50 Å². The summed E-state index contributed by atoms with van der Waals surface area (Å²) in [6.45, 7) is 2.77. The molecule has 2 N–H and O–H groups in total. The van der Waals surface area contributed by atoms with E-state index in [0.717, 1.165) is 43.7 Å². The van der Waals surface area contributed by atoms with Gasteiger partial charge in [-0.2, -0.15) is 0 Å². The molecule has 1 aliphatic carbocycles. The molecule has 5 heteroatoms. The van der Waals surface area contributed by atoms with Crippen LogP contribution in [0.15, 0.2) is 24.3 Å². The molecule has 0 radical (unpaired) electrons. The molecule has 2 aromatic rings. The minimum absolute atomic E-state index is 0.217. The van der Waals surface area contributed by atoms with Crippen LogP contribution in [0.4, 0.5) is 10.2 Å². The molecule has 2 fully saturated rings. The number of piperidine rings is 1. The zero-order valence-electron chi connectivity index (χ0n) is 16.7. The second-order valence-electron chi connectivity index (χ2n) is 8.51. The van der Waals surface area contributed by atoms with Crippen LogP contribution in [0.1, 0.15) is 56.9 Å². The average Bonchev–Trinajstić information content (AvgIpc) is 3.00. The van der Waals surface area contributed by atoms with Crippen LogP contribution in [-0.2, 0) is 6.54 Å². The number of fused-ring (bicyclic) bond motifs is 1. The molecule has 1 saturated heterocycles. The molecule has 4 nitrogen and oxygen atoms in total. The molecular formula is C23H32FN3O. The third-order valence-electron chi connectivity index (χ3n) is 6.35. The fourth-order valence-electron chi connectivity index (χ4n) is 4.72. The van der Waals surface area contributed by atoms with Gasteiger partial charge in [0.05, 0.1) is 5.52 Å². The number of hydrogen-bond acceptors (Lipinski definition) is 4. The molecule has 1 atom stereocenters. The van der Waals surface area contributed by atoms with Crippen molar-refractivity contribution in [2.75, 3.05) is 24.6 Å². The maximum absolute atomic E-state index is 13.8. The Morgan fingerprint density at radius 3 is 2.68 bits per heavy atom. The Labute approximate surface area is 167 Å². The Morgan fingerprint density at radius 1 is 1.07 bits per heavy atom. The van der Waals surface area contributed by atoms with Crippen molar-refractivity contribution in [2.24, 2.45) is 5.92 Å². The van der Waals surface area contributed by atoms with Crippen molar-refractivity contribution in [3.63, 3.8) is 0 Å². The molecule has 0 unspecified atom stereocenters. The number of nitrogens with zero attached hydrogens (tertiary/aromatic N) is 2. The Bertz CT molecular complexity index is 789. The van der Waals surface area contributed by atoms with Gasteiger partial charge in [0.2, 0.25) is 0 Å². The first kappa shape index (κ1) is 19.6. The first-order chi connectivity index (χ1) is 13.7. The molecule has 2 heterocycles. The van der Waals surface area contributed by atoms with E-state index in [1.54, 1.807) is 0 Å². The number of nitrogens with one attached hydrogen (secondary N) is 1. The highest BCUT2D eigenvalue weighted by Crippen LogP contribution is 2.29. The highest BCUT2D eigenvalue weighted by Gasteiger charge is 2.23. The fraction of sp³-hybridized carbons (Fsp3) is 0.609. The standard InChI is InChI=1S/C23H32FN3O/c24-20-10-9-18-12-19(14-25-21-7-3-1-2-4-8-21)23(26-22(18)13-20)27-11-5-6-17(15-27)16-28/h9-10,12-13,17,21,25,28H,1-8,11,14-16H2/t17-/m1/s1. The zero-order chi connectivity index (χ0) is 19.3. The molecule has 152 valence electrons. The molecule has 0 spiro atoms. The molecule has 1 aromatic heterocycles. The number of anilines is 1. The van der Waals surface area contributed by atoms with E-state index >= 15 is 0 Å². The SMILES string of the molecule is OC[C@@H]1CCCN(c2nc3cc(F)ccc3cc2CNC2CCCCCC2)C1. The predicted octanol–water partition coefficient (Wildman–Crippen LogP) is 4.40. The van der Waals surface area contributed by atoms with Gasteiger partial charge in [0, 0.05) is 49.3 Å². The van der Waals surface area contributed by atoms with Crippen molar-refractivity contribution in [1.82, 2.24) is 10.3 Å². The van der Waals surface area contributed by atoms with E-state index < -0.39 is 0 Å². The van der Waals surface area contributed by atoms with Gasteiger partial charge in [0.1, 0.15) is 11.6 Å². The summed E-state index contributed by atoms with van der Waals surface area (Å²) in [6.07, 6.45) is 9.93. The van der Waals surface area contributed by atoms with Crippen LogP contribution in [0, 0.1) is 11.7 Å². The lowest BCUT2D eigenvalue weighted by atomic mass is 9.98. The average molecular weight is 386 g/mol. The molecule has 4 rings (SSSR count). The van der Waals surface area contributed by atoms with Gasteiger partial charge >= 0.3 is 0 Å². The highest BCUT2D eigenvalue weighted by molar-refractivity contribution is 5.82. The van der Waals surface area contributed by atoms with E-state index in [1.807, 2.05) is 6.07 Å². The number of halogens is 1. The maximum Gasteiger partial charge on any atom is 0.133 e. The minimum atomic E-state index is -0.248. The fourth-order valence-corrected chi connectivity index (χ4v) is 4.72. The topological polar surface area (TPSA) is 48.4 Å². The molecule has 0 bridgehead atoms. The van der Waals surface area contributed by atoms with E-state index in [1.165, 1.54) is 56.2 Å². The van der Waals surface area contributed by atoms with Crippen molar-refractivity contribution in [1.29, 1.82) is 0 Å². The van der Waals surface area contributed by atoms with Crippen LogP contribution >= 0.6 is 0 Å². The van der Waals surface area contributed by atoms with Gasteiger partial charge in [-0.05, 0) is 49.8 Å². The first-order valence-corrected chi connectivity index (χ1v) is 10.9. The van der Waals surface area contributed by atoms with Gasteiger partial charge in [-0.15, -0.1) is 0 Å². The summed E-state index contributed by atoms with van der Waals surface area (Å²) in [5.74, 6) is 1.00. The second kappa shape index (κ2) is 9.19. The smallest absolute Gasteiger partial charge is 0.133 e. The molecular weight excluding hydrogens is 353 g/mol. The van der Waals surface area contributed by atoms with E-state index in [2.05, 4.69) is 16.3 Å². The van der Waals surface area contributed by atoms with Crippen molar-refractivity contribution in [3.05, 3.63) is 35.6 Å². The van der Waals surface area contributed by atoms with Crippen LogP contribution in [0.5, 0.6) is 0 Å². The summed E-state index contributed by atoms with van der Waals surface area (Å²) in [5, 5.41) is 14.4. The van der Waals surface area contributed by atoms with Crippen molar-refractivity contribution < 1.29 is 9.50 Å². The number of pyridine rings is 1. The van der Waals surface area contributed by atoms with Gasteiger partial charge in [-0.1, -0.05) is 25.7 Å². The van der Waals surface area contributed by atoms with E-state index in [-0.39, 0.29) is 12.4 Å². The first-order valence-electron chi connectivity index (χ1n) is 10.9. The molecule has 28 heavy (non-hydrogen) atoms. The maximum atomic E-state index is 13.8. The van der Waals surface area contributed by atoms with Gasteiger partial charge in [0.15, 0.2) is 0 Å². The lowest BCUT2D eigenvalue weighted by molar-refractivity contribution is 0.208. The summed E-state index contributed by atoms with van der Waals surface area (Å²) in [7, 11) is 0. The van der Waals surface area contributed by atoms with Crippen LogP contribution < -0.4 is 10.2 Å². The third kappa shape index (κ3) is 4.64. The van der Waals surface area contributed by atoms with Crippen LogP contribution in [0.2, 0.25) is 0 Å². The molecule has 0 amide bonds. The van der Waals surface area contributed by atoms with Gasteiger partial charge in [-0.25, -0.2) is 9.37 Å². The Morgan fingerprint density at radius 2 is 1.89 bits per heavy atom. The summed E-state index contributed by atoms with van der Waals surface area (Å²) >= 11 is 0. The second-order valence-corrected chi connectivity index (χ2v) is 8.51. The molecule has 1 saturated carbocycles. The van der Waals surface area contributed by atoms with Crippen LogP contribution in [-0.4, -0.2) is 35.8 Å². The molecule has 2 aliphatic rings. The molecule has 1 aromatic carbocycles. The summed E-state index contributed by atoms with van der Waals surface area (Å²) in [5.41, 5.74) is 1.89. The molecule has 1 aliphatic heterocycles. The summed E-state index contributed by atoms with van der Waals surface area (Å²) < 4.78 is 13.8. The largest absolute Gasteiger partial charge is 0.396 e.